The van der Waals surface area contributed by atoms with E-state index in [-0.39, 0.29) is 36.8 Å². The highest BCUT2D eigenvalue weighted by Gasteiger charge is 2.26. The summed E-state index contributed by atoms with van der Waals surface area (Å²) in [5, 5.41) is 3.11. The quantitative estimate of drug-likeness (QED) is 0.792. The van der Waals surface area contributed by atoms with Crippen LogP contribution in [0.1, 0.15) is 31.9 Å². The molecule has 7 nitrogen and oxygen atoms in total. The number of amides is 2. The van der Waals surface area contributed by atoms with E-state index in [1.165, 1.54) is 0 Å². The number of ether oxygens (including phenoxy) is 3. The third-order valence-electron chi connectivity index (χ3n) is 5.28. The Kier molecular flexibility index (Phi) is 5.79. The minimum absolute atomic E-state index is 0.00948. The van der Waals surface area contributed by atoms with Crippen molar-refractivity contribution in [3.8, 4) is 17.2 Å². The lowest BCUT2D eigenvalue weighted by Gasteiger charge is -2.29. The fraction of sp³-hybridized carbons (Fsp3) is 0.391. The van der Waals surface area contributed by atoms with Gasteiger partial charge in [0.25, 0.3) is 5.91 Å². The van der Waals surface area contributed by atoms with Crippen LogP contribution in [0.25, 0.3) is 0 Å². The molecular formula is C23H26N2O5. The van der Waals surface area contributed by atoms with E-state index in [0.29, 0.717) is 36.9 Å². The summed E-state index contributed by atoms with van der Waals surface area (Å²) >= 11 is 0. The minimum Gasteiger partial charge on any atom is -0.486 e. The highest BCUT2D eigenvalue weighted by Crippen LogP contribution is 2.35. The van der Waals surface area contributed by atoms with E-state index >= 15 is 0 Å². The first kappa shape index (κ1) is 20.1. The zero-order chi connectivity index (χ0) is 21.1. The minimum atomic E-state index is -0.166. The van der Waals surface area contributed by atoms with Gasteiger partial charge < -0.3 is 24.4 Å². The third-order valence-corrected chi connectivity index (χ3v) is 5.28. The predicted molar refractivity (Wildman–Crippen MR) is 112 cm³/mol. The van der Waals surface area contributed by atoms with Crippen LogP contribution in [0.2, 0.25) is 0 Å². The first-order valence-corrected chi connectivity index (χ1v) is 10.2. The number of fused-ring (bicyclic) bond motifs is 2. The molecule has 4 rings (SSSR count). The summed E-state index contributed by atoms with van der Waals surface area (Å²) in [5.41, 5.74) is 1.67. The zero-order valence-electron chi connectivity index (χ0n) is 17.2. The molecule has 2 aliphatic rings. The van der Waals surface area contributed by atoms with E-state index in [1.54, 1.807) is 4.90 Å². The van der Waals surface area contributed by atoms with Gasteiger partial charge in [0.05, 0.1) is 11.7 Å². The molecule has 2 aromatic carbocycles. The van der Waals surface area contributed by atoms with E-state index < -0.39 is 0 Å². The summed E-state index contributed by atoms with van der Waals surface area (Å²) in [6.45, 7) is 5.47. The van der Waals surface area contributed by atoms with Crippen LogP contribution in [0, 0.1) is 5.92 Å². The fourth-order valence-electron chi connectivity index (χ4n) is 3.75. The van der Waals surface area contributed by atoms with Gasteiger partial charge in [-0.05, 0) is 35.7 Å². The maximum Gasteiger partial charge on any atom is 0.265 e. The van der Waals surface area contributed by atoms with Crippen LogP contribution in [0.5, 0.6) is 17.2 Å². The number of anilines is 1. The van der Waals surface area contributed by atoms with Crippen LogP contribution in [0.15, 0.2) is 42.5 Å². The second-order valence-electron chi connectivity index (χ2n) is 7.74. The number of benzene rings is 2. The van der Waals surface area contributed by atoms with Gasteiger partial charge in [-0.2, -0.15) is 0 Å². The van der Waals surface area contributed by atoms with Gasteiger partial charge >= 0.3 is 0 Å². The number of nitrogens with one attached hydrogen (secondary N) is 1. The van der Waals surface area contributed by atoms with Crippen molar-refractivity contribution in [2.75, 3.05) is 31.3 Å². The Morgan fingerprint density at radius 3 is 2.60 bits per heavy atom. The summed E-state index contributed by atoms with van der Waals surface area (Å²) < 4.78 is 16.7. The Morgan fingerprint density at radius 1 is 1.03 bits per heavy atom. The summed E-state index contributed by atoms with van der Waals surface area (Å²) in [6, 6.07) is 13.0. The lowest BCUT2D eigenvalue weighted by Crippen LogP contribution is -2.41. The van der Waals surface area contributed by atoms with Gasteiger partial charge in [-0.15, -0.1) is 0 Å². The molecule has 2 amide bonds. The Labute approximate surface area is 175 Å². The molecule has 2 aromatic rings. The van der Waals surface area contributed by atoms with Crippen molar-refractivity contribution in [2.24, 2.45) is 5.92 Å². The molecule has 0 bridgehead atoms. The van der Waals surface area contributed by atoms with Crippen molar-refractivity contribution in [3.05, 3.63) is 48.0 Å². The third kappa shape index (κ3) is 4.20. The maximum absolute atomic E-state index is 12.7. The summed E-state index contributed by atoms with van der Waals surface area (Å²) in [5.74, 6) is 2.02. The van der Waals surface area contributed by atoms with Crippen molar-refractivity contribution in [2.45, 2.75) is 26.3 Å². The monoisotopic (exact) mass is 410 g/mol. The van der Waals surface area contributed by atoms with Crippen molar-refractivity contribution < 1.29 is 23.8 Å². The molecule has 158 valence electrons. The molecule has 30 heavy (non-hydrogen) atoms. The Bertz CT molecular complexity index is 943. The van der Waals surface area contributed by atoms with E-state index in [2.05, 4.69) is 19.2 Å². The first-order chi connectivity index (χ1) is 14.5. The van der Waals surface area contributed by atoms with Gasteiger partial charge in [-0.3, -0.25) is 9.59 Å². The number of nitrogens with zero attached hydrogens (tertiary/aromatic N) is 1. The molecule has 0 aromatic heterocycles. The number of hydrogen-bond donors (Lipinski definition) is 1. The lowest BCUT2D eigenvalue weighted by molar-refractivity contribution is -0.122. The molecule has 0 fully saturated rings. The molecule has 0 saturated carbocycles. The molecule has 1 unspecified atom stereocenters. The van der Waals surface area contributed by atoms with Crippen LogP contribution >= 0.6 is 0 Å². The normalized spacial score (nSPS) is 16.0. The molecule has 0 saturated heterocycles. The van der Waals surface area contributed by atoms with Crippen molar-refractivity contribution in [1.82, 2.24) is 5.32 Å². The van der Waals surface area contributed by atoms with Crippen molar-refractivity contribution >= 4 is 17.5 Å². The van der Waals surface area contributed by atoms with Crippen LogP contribution < -0.4 is 24.4 Å². The zero-order valence-corrected chi connectivity index (χ0v) is 17.2. The standard InChI is InChI=1S/C23H26N2O5/c1-15(2)23(16-7-8-19-20(13-16)29-12-11-28-19)24-21(26)9-10-25-17-5-3-4-6-18(17)30-14-22(25)27/h3-8,13,15,23H,9-12,14H2,1-2H3,(H,24,26). The highest BCUT2D eigenvalue weighted by molar-refractivity contribution is 5.98. The van der Waals surface area contributed by atoms with Gasteiger partial charge in [0.15, 0.2) is 18.1 Å². The Morgan fingerprint density at radius 2 is 1.80 bits per heavy atom. The predicted octanol–water partition coefficient (Wildman–Crippen LogP) is 3.09. The molecule has 1 N–H and O–H groups in total. The summed E-state index contributed by atoms with van der Waals surface area (Å²) in [4.78, 5) is 26.7. The number of rotatable bonds is 6. The summed E-state index contributed by atoms with van der Waals surface area (Å²) in [7, 11) is 0. The van der Waals surface area contributed by atoms with Gasteiger partial charge in [0.2, 0.25) is 5.91 Å². The van der Waals surface area contributed by atoms with Crippen LogP contribution in [-0.2, 0) is 9.59 Å². The largest absolute Gasteiger partial charge is 0.486 e. The van der Waals surface area contributed by atoms with Gasteiger partial charge in [0.1, 0.15) is 19.0 Å². The number of para-hydroxylation sites is 2. The molecule has 0 radical (unpaired) electrons. The topological polar surface area (TPSA) is 77.1 Å². The average molecular weight is 410 g/mol. The second-order valence-corrected chi connectivity index (χ2v) is 7.74. The van der Waals surface area contributed by atoms with Crippen molar-refractivity contribution in [1.29, 1.82) is 0 Å². The molecule has 7 heteroatoms. The lowest BCUT2D eigenvalue weighted by atomic mass is 9.95. The van der Waals surface area contributed by atoms with E-state index in [4.69, 9.17) is 14.2 Å². The maximum atomic E-state index is 12.7. The summed E-state index contributed by atoms with van der Waals surface area (Å²) in [6.07, 6.45) is 0.202. The van der Waals surface area contributed by atoms with Crippen LogP contribution in [0.3, 0.4) is 0 Å². The van der Waals surface area contributed by atoms with Gasteiger partial charge in [0, 0.05) is 13.0 Å². The van der Waals surface area contributed by atoms with E-state index in [0.717, 1.165) is 11.3 Å². The van der Waals surface area contributed by atoms with E-state index in [1.807, 2.05) is 42.5 Å². The molecule has 0 aliphatic carbocycles. The smallest absolute Gasteiger partial charge is 0.265 e. The van der Waals surface area contributed by atoms with Gasteiger partial charge in [-0.25, -0.2) is 0 Å². The number of carbonyl (C=O) groups is 2. The SMILES string of the molecule is CC(C)C(NC(=O)CCN1C(=O)COc2ccccc21)c1ccc2c(c1)OCCO2. The average Bonchev–Trinajstić information content (AvgIpc) is 2.76. The molecule has 0 spiro atoms. The van der Waals surface area contributed by atoms with Gasteiger partial charge in [-0.1, -0.05) is 32.0 Å². The number of hydrogen-bond acceptors (Lipinski definition) is 5. The van der Waals surface area contributed by atoms with E-state index in [9.17, 15) is 9.59 Å². The molecule has 2 heterocycles. The van der Waals surface area contributed by atoms with Crippen molar-refractivity contribution in [3.63, 3.8) is 0 Å². The Hall–Kier alpha value is -3.22. The first-order valence-electron chi connectivity index (χ1n) is 10.2. The number of carbonyl (C=O) groups excluding carboxylic acids is 2. The second kappa shape index (κ2) is 8.65. The highest BCUT2D eigenvalue weighted by atomic mass is 16.6. The molecule has 1 atom stereocenters. The Balaban J connectivity index is 1.43. The molecule has 2 aliphatic heterocycles. The molecular weight excluding hydrogens is 384 g/mol. The fourth-order valence-corrected chi connectivity index (χ4v) is 3.75. The van der Waals surface area contributed by atoms with Crippen LogP contribution in [0.4, 0.5) is 5.69 Å². The van der Waals surface area contributed by atoms with Crippen LogP contribution in [-0.4, -0.2) is 38.2 Å².